The van der Waals surface area contributed by atoms with Crippen molar-refractivity contribution in [3.8, 4) is 0 Å². The first kappa shape index (κ1) is 16.9. The highest BCUT2D eigenvalue weighted by molar-refractivity contribution is 5.73. The van der Waals surface area contributed by atoms with Crippen molar-refractivity contribution in [1.82, 2.24) is 20.8 Å². The molecule has 1 heterocycles. The molecule has 0 bridgehead atoms. The summed E-state index contributed by atoms with van der Waals surface area (Å²) in [5, 5.41) is 17.6. The number of aromatic nitrogens is 2. The van der Waals surface area contributed by atoms with Crippen LogP contribution in [0.25, 0.3) is 0 Å². The Kier molecular flexibility index (Phi) is 7.20. The summed E-state index contributed by atoms with van der Waals surface area (Å²) in [4.78, 5) is 26.0. The van der Waals surface area contributed by atoms with Gasteiger partial charge in [0.05, 0.1) is 0 Å². The quantitative estimate of drug-likeness (QED) is 0.628. The monoisotopic (exact) mass is 298 g/mol. The molecular weight excluding hydrogens is 276 g/mol. The summed E-state index contributed by atoms with van der Waals surface area (Å²) in [6.45, 7) is 4.65. The first-order chi connectivity index (χ1) is 9.97. The number of carbonyl (C=O) groups is 2. The molecule has 0 aromatic carbocycles. The lowest BCUT2D eigenvalue weighted by Gasteiger charge is -2.11. The van der Waals surface area contributed by atoms with Crippen LogP contribution in [-0.2, 0) is 11.2 Å². The minimum Gasteiger partial charge on any atom is -0.481 e. The van der Waals surface area contributed by atoms with Gasteiger partial charge >= 0.3 is 12.0 Å². The molecule has 1 aromatic rings. The van der Waals surface area contributed by atoms with E-state index in [0.29, 0.717) is 37.6 Å². The van der Waals surface area contributed by atoms with Crippen LogP contribution in [0.3, 0.4) is 0 Å². The molecule has 0 spiro atoms. The summed E-state index contributed by atoms with van der Waals surface area (Å²) in [6.07, 6.45) is 2.03. The van der Waals surface area contributed by atoms with E-state index in [0.717, 1.165) is 6.42 Å². The Morgan fingerprint density at radius 3 is 2.62 bits per heavy atom. The van der Waals surface area contributed by atoms with Gasteiger partial charge in [-0.15, -0.1) is 0 Å². The average molecular weight is 298 g/mol. The molecule has 1 rings (SSSR count). The van der Waals surface area contributed by atoms with Crippen LogP contribution in [0.4, 0.5) is 4.79 Å². The molecule has 0 radical (unpaired) electrons. The van der Waals surface area contributed by atoms with Crippen molar-refractivity contribution in [3.05, 3.63) is 11.7 Å². The molecule has 0 fully saturated rings. The van der Waals surface area contributed by atoms with Crippen LogP contribution in [0.15, 0.2) is 4.52 Å². The van der Waals surface area contributed by atoms with E-state index in [1.54, 1.807) is 6.92 Å². The van der Waals surface area contributed by atoms with Gasteiger partial charge in [-0.05, 0) is 25.7 Å². The SMILES string of the molecule is Cc1noc(CCNC(=O)NCCC(C)CCC(=O)O)n1. The lowest BCUT2D eigenvalue weighted by molar-refractivity contribution is -0.137. The molecule has 0 saturated heterocycles. The average Bonchev–Trinajstić information content (AvgIpc) is 2.82. The topological polar surface area (TPSA) is 117 Å². The minimum absolute atomic E-state index is 0.164. The van der Waals surface area contributed by atoms with E-state index in [9.17, 15) is 9.59 Å². The second-order valence-electron chi connectivity index (χ2n) is 4.99. The molecule has 21 heavy (non-hydrogen) atoms. The molecule has 0 aliphatic heterocycles. The molecule has 1 unspecified atom stereocenters. The zero-order chi connectivity index (χ0) is 15.7. The maximum absolute atomic E-state index is 11.5. The Bertz CT molecular complexity index is 461. The molecule has 1 aromatic heterocycles. The fraction of sp³-hybridized carbons (Fsp3) is 0.692. The summed E-state index contributed by atoms with van der Waals surface area (Å²) in [6, 6.07) is -0.253. The molecule has 8 heteroatoms. The van der Waals surface area contributed by atoms with Crippen LogP contribution in [0.2, 0.25) is 0 Å². The van der Waals surface area contributed by atoms with Crippen LogP contribution in [-0.4, -0.2) is 40.3 Å². The number of amides is 2. The number of rotatable bonds is 9. The third kappa shape index (κ3) is 7.91. The van der Waals surface area contributed by atoms with Gasteiger partial charge in [-0.1, -0.05) is 12.1 Å². The summed E-state index contributed by atoms with van der Waals surface area (Å²) < 4.78 is 4.92. The number of hydrogen-bond donors (Lipinski definition) is 3. The fourth-order valence-corrected chi connectivity index (χ4v) is 1.73. The third-order valence-electron chi connectivity index (χ3n) is 2.97. The molecular formula is C13H22N4O4. The molecule has 3 N–H and O–H groups in total. The van der Waals surface area contributed by atoms with Crippen molar-refractivity contribution < 1.29 is 19.2 Å². The lowest BCUT2D eigenvalue weighted by Crippen LogP contribution is -2.37. The molecule has 8 nitrogen and oxygen atoms in total. The maximum Gasteiger partial charge on any atom is 0.314 e. The van der Waals surface area contributed by atoms with Gasteiger partial charge in [-0.2, -0.15) is 4.98 Å². The van der Waals surface area contributed by atoms with E-state index >= 15 is 0 Å². The number of nitrogens with zero attached hydrogens (tertiary/aromatic N) is 2. The number of aliphatic carboxylic acids is 1. The van der Waals surface area contributed by atoms with Gasteiger partial charge in [-0.25, -0.2) is 4.79 Å². The van der Waals surface area contributed by atoms with Gasteiger partial charge in [0.15, 0.2) is 5.82 Å². The van der Waals surface area contributed by atoms with Crippen LogP contribution < -0.4 is 10.6 Å². The largest absolute Gasteiger partial charge is 0.481 e. The van der Waals surface area contributed by atoms with Gasteiger partial charge in [0.2, 0.25) is 5.89 Å². The van der Waals surface area contributed by atoms with Crippen molar-refractivity contribution in [2.75, 3.05) is 13.1 Å². The van der Waals surface area contributed by atoms with Gasteiger partial charge in [0.1, 0.15) is 0 Å². The predicted molar refractivity (Wildman–Crippen MR) is 74.8 cm³/mol. The number of aryl methyl sites for hydroxylation is 1. The van der Waals surface area contributed by atoms with Crippen molar-refractivity contribution in [2.45, 2.75) is 39.5 Å². The second kappa shape index (κ2) is 8.93. The summed E-state index contributed by atoms with van der Waals surface area (Å²) >= 11 is 0. The van der Waals surface area contributed by atoms with Gasteiger partial charge in [0.25, 0.3) is 0 Å². The Balaban J connectivity index is 2.04. The van der Waals surface area contributed by atoms with Crippen molar-refractivity contribution >= 4 is 12.0 Å². The first-order valence-corrected chi connectivity index (χ1v) is 7.00. The minimum atomic E-state index is -0.788. The summed E-state index contributed by atoms with van der Waals surface area (Å²) in [5.74, 6) is 0.548. The van der Waals surface area contributed by atoms with E-state index in [2.05, 4.69) is 20.8 Å². The number of hydrogen-bond acceptors (Lipinski definition) is 5. The van der Waals surface area contributed by atoms with E-state index in [1.807, 2.05) is 6.92 Å². The van der Waals surface area contributed by atoms with Crippen molar-refractivity contribution in [2.24, 2.45) is 5.92 Å². The number of urea groups is 1. The Hall–Kier alpha value is -2.12. The third-order valence-corrected chi connectivity index (χ3v) is 2.97. The Labute approximate surface area is 123 Å². The highest BCUT2D eigenvalue weighted by atomic mass is 16.5. The van der Waals surface area contributed by atoms with Crippen molar-refractivity contribution in [3.63, 3.8) is 0 Å². The van der Waals surface area contributed by atoms with Gasteiger partial charge in [-0.3, -0.25) is 4.79 Å². The Morgan fingerprint density at radius 1 is 1.29 bits per heavy atom. The summed E-state index contributed by atoms with van der Waals surface area (Å²) in [7, 11) is 0. The molecule has 118 valence electrons. The predicted octanol–water partition coefficient (Wildman–Crippen LogP) is 1.11. The zero-order valence-electron chi connectivity index (χ0n) is 12.4. The highest BCUT2D eigenvalue weighted by Crippen LogP contribution is 2.08. The Morgan fingerprint density at radius 2 is 2.00 bits per heavy atom. The molecule has 0 aliphatic rings. The first-order valence-electron chi connectivity index (χ1n) is 7.00. The smallest absolute Gasteiger partial charge is 0.314 e. The van der Waals surface area contributed by atoms with E-state index in [1.165, 1.54) is 0 Å². The van der Waals surface area contributed by atoms with Gasteiger partial charge in [0, 0.05) is 25.9 Å². The zero-order valence-corrected chi connectivity index (χ0v) is 12.4. The van der Waals surface area contributed by atoms with Crippen LogP contribution in [0, 0.1) is 12.8 Å². The molecule has 0 saturated carbocycles. The number of nitrogens with one attached hydrogen (secondary N) is 2. The van der Waals surface area contributed by atoms with E-state index < -0.39 is 5.97 Å². The van der Waals surface area contributed by atoms with E-state index in [4.69, 9.17) is 9.63 Å². The van der Waals surface area contributed by atoms with Crippen molar-refractivity contribution in [1.29, 1.82) is 0 Å². The lowest BCUT2D eigenvalue weighted by atomic mass is 10.0. The van der Waals surface area contributed by atoms with Gasteiger partial charge < -0.3 is 20.3 Å². The second-order valence-corrected chi connectivity index (χ2v) is 4.99. The molecule has 0 aliphatic carbocycles. The standard InChI is InChI=1S/C13H22N4O4/c1-9(3-4-12(18)19)5-7-14-13(20)15-8-6-11-16-10(2)17-21-11/h9H,3-8H2,1-2H3,(H,18,19)(H2,14,15,20). The molecule has 1 atom stereocenters. The van der Waals surface area contributed by atoms with E-state index in [-0.39, 0.29) is 18.4 Å². The fourth-order valence-electron chi connectivity index (χ4n) is 1.73. The normalized spacial score (nSPS) is 11.9. The van der Waals surface area contributed by atoms with Crippen LogP contribution in [0.1, 0.15) is 37.9 Å². The number of carbonyl (C=O) groups excluding carboxylic acids is 1. The van der Waals surface area contributed by atoms with Crippen LogP contribution in [0.5, 0.6) is 0 Å². The number of carboxylic acid groups (broad SMARTS) is 1. The highest BCUT2D eigenvalue weighted by Gasteiger charge is 2.07. The number of carboxylic acids is 1. The summed E-state index contributed by atoms with van der Waals surface area (Å²) in [5.41, 5.74) is 0. The maximum atomic E-state index is 11.5. The van der Waals surface area contributed by atoms with Crippen LogP contribution >= 0.6 is 0 Å². The molecule has 2 amide bonds.